The fourth-order valence-corrected chi connectivity index (χ4v) is 1.91. The minimum Gasteiger partial charge on any atom is -0.239 e. The van der Waals surface area contributed by atoms with Gasteiger partial charge in [-0.05, 0) is 22.0 Å². The Balaban J connectivity index is 3.27. The summed E-state index contributed by atoms with van der Waals surface area (Å²) in [5.74, 6) is 0.0425. The third kappa shape index (κ3) is 2.51. The summed E-state index contributed by atoms with van der Waals surface area (Å²) >= 11 is 14.0. The van der Waals surface area contributed by atoms with E-state index < -0.39 is 6.43 Å². The summed E-state index contributed by atoms with van der Waals surface area (Å²) in [4.78, 5) is 3.79. The SMILES string of the molecule is FC(F)c1cc(Cl)nc(CCl)c1Br. The molecule has 0 atom stereocenters. The molecule has 0 saturated heterocycles. The second kappa shape index (κ2) is 4.53. The average molecular weight is 291 g/mol. The lowest BCUT2D eigenvalue weighted by Gasteiger charge is -2.06. The van der Waals surface area contributed by atoms with Crippen molar-refractivity contribution in [2.45, 2.75) is 12.3 Å². The van der Waals surface area contributed by atoms with E-state index in [9.17, 15) is 8.78 Å². The zero-order valence-corrected chi connectivity index (χ0v) is 9.30. The van der Waals surface area contributed by atoms with E-state index in [1.807, 2.05) is 0 Å². The lowest BCUT2D eigenvalue weighted by molar-refractivity contribution is 0.150. The Kier molecular flexibility index (Phi) is 3.88. The van der Waals surface area contributed by atoms with Gasteiger partial charge in [0.1, 0.15) is 5.15 Å². The summed E-state index contributed by atoms with van der Waals surface area (Å²) < 4.78 is 25.0. The van der Waals surface area contributed by atoms with Crippen LogP contribution in [-0.4, -0.2) is 4.98 Å². The monoisotopic (exact) mass is 289 g/mol. The van der Waals surface area contributed by atoms with Crippen LogP contribution in [0.2, 0.25) is 5.15 Å². The van der Waals surface area contributed by atoms with Crippen molar-refractivity contribution in [2.24, 2.45) is 0 Å². The van der Waals surface area contributed by atoms with Gasteiger partial charge < -0.3 is 0 Å². The highest BCUT2D eigenvalue weighted by atomic mass is 79.9. The van der Waals surface area contributed by atoms with Crippen LogP contribution < -0.4 is 0 Å². The van der Waals surface area contributed by atoms with Crippen molar-refractivity contribution >= 4 is 39.1 Å². The van der Waals surface area contributed by atoms with Crippen molar-refractivity contribution in [2.75, 3.05) is 0 Å². The van der Waals surface area contributed by atoms with E-state index in [1.54, 1.807) is 0 Å². The summed E-state index contributed by atoms with van der Waals surface area (Å²) in [6.07, 6.45) is -2.59. The Morgan fingerprint density at radius 3 is 2.62 bits per heavy atom. The topological polar surface area (TPSA) is 12.9 Å². The summed E-state index contributed by atoms with van der Waals surface area (Å²) in [6, 6.07) is 1.12. The van der Waals surface area contributed by atoms with Crippen LogP contribution >= 0.6 is 39.1 Å². The van der Waals surface area contributed by atoms with Gasteiger partial charge in [-0.3, -0.25) is 0 Å². The van der Waals surface area contributed by atoms with Crippen LogP contribution in [0.1, 0.15) is 17.7 Å². The number of halogens is 5. The van der Waals surface area contributed by atoms with E-state index in [2.05, 4.69) is 20.9 Å². The first-order chi connectivity index (χ1) is 6.06. The highest BCUT2D eigenvalue weighted by molar-refractivity contribution is 9.10. The molecule has 0 aromatic carbocycles. The van der Waals surface area contributed by atoms with E-state index in [4.69, 9.17) is 23.2 Å². The minimum absolute atomic E-state index is 0.0224. The Morgan fingerprint density at radius 2 is 2.15 bits per heavy atom. The van der Waals surface area contributed by atoms with Gasteiger partial charge in [0, 0.05) is 10.0 Å². The van der Waals surface area contributed by atoms with E-state index in [1.165, 1.54) is 0 Å². The fraction of sp³-hybridized carbons (Fsp3) is 0.286. The van der Waals surface area contributed by atoms with E-state index >= 15 is 0 Å². The molecule has 13 heavy (non-hydrogen) atoms. The van der Waals surface area contributed by atoms with Crippen LogP contribution in [0.3, 0.4) is 0 Å². The molecule has 0 aliphatic carbocycles. The third-order valence-corrected chi connectivity index (χ3v) is 2.75. The number of nitrogens with zero attached hydrogens (tertiary/aromatic N) is 1. The molecule has 0 unspecified atom stereocenters. The summed E-state index contributed by atoms with van der Waals surface area (Å²) in [5.41, 5.74) is 0.139. The second-order valence-electron chi connectivity index (χ2n) is 2.23. The molecule has 0 N–H and O–H groups in total. The van der Waals surface area contributed by atoms with Gasteiger partial charge in [0.15, 0.2) is 0 Å². The maximum atomic E-state index is 12.4. The quantitative estimate of drug-likeness (QED) is 0.588. The number of alkyl halides is 3. The van der Waals surface area contributed by atoms with Crippen molar-refractivity contribution in [3.8, 4) is 0 Å². The molecule has 72 valence electrons. The van der Waals surface area contributed by atoms with E-state index in [0.29, 0.717) is 5.69 Å². The van der Waals surface area contributed by atoms with Crippen LogP contribution in [0, 0.1) is 0 Å². The van der Waals surface area contributed by atoms with Gasteiger partial charge in [-0.25, -0.2) is 13.8 Å². The molecule has 1 rings (SSSR count). The number of rotatable bonds is 2. The first-order valence-electron chi connectivity index (χ1n) is 3.25. The molecule has 0 fully saturated rings. The molecule has 1 nitrogen and oxygen atoms in total. The summed E-state index contributed by atoms with van der Waals surface area (Å²) in [6.45, 7) is 0. The lowest BCUT2D eigenvalue weighted by Crippen LogP contribution is -1.95. The van der Waals surface area contributed by atoms with Crippen LogP contribution in [0.4, 0.5) is 8.78 Å². The Labute approximate surface area is 92.2 Å². The molecule has 0 aliphatic heterocycles. The highest BCUT2D eigenvalue weighted by Gasteiger charge is 2.16. The maximum absolute atomic E-state index is 12.4. The number of hydrogen-bond acceptors (Lipinski definition) is 1. The predicted octanol–water partition coefficient (Wildman–Crippen LogP) is 4.17. The van der Waals surface area contributed by atoms with Crippen molar-refractivity contribution in [1.29, 1.82) is 0 Å². The molecule has 0 bridgehead atoms. The summed E-state index contributed by atoms with van der Waals surface area (Å²) in [5, 5.41) is 0.0224. The predicted molar refractivity (Wildman–Crippen MR) is 51.5 cm³/mol. The molecule has 0 spiro atoms. The van der Waals surface area contributed by atoms with Gasteiger partial charge in [-0.15, -0.1) is 11.6 Å². The molecule has 1 heterocycles. The Bertz CT molecular complexity index is 320. The Hall–Kier alpha value is 0.0700. The lowest BCUT2D eigenvalue weighted by atomic mass is 10.2. The largest absolute Gasteiger partial charge is 0.265 e. The molecule has 1 aromatic rings. The maximum Gasteiger partial charge on any atom is 0.265 e. The average Bonchev–Trinajstić information content (AvgIpc) is 2.08. The normalized spacial score (nSPS) is 10.9. The molecule has 1 aromatic heterocycles. The van der Waals surface area contributed by atoms with Crippen LogP contribution in [0.15, 0.2) is 10.5 Å². The second-order valence-corrected chi connectivity index (χ2v) is 3.68. The van der Waals surface area contributed by atoms with Crippen LogP contribution in [-0.2, 0) is 5.88 Å². The van der Waals surface area contributed by atoms with Crippen LogP contribution in [0.25, 0.3) is 0 Å². The van der Waals surface area contributed by atoms with Crippen molar-refractivity contribution < 1.29 is 8.78 Å². The number of hydrogen-bond donors (Lipinski definition) is 0. The van der Waals surface area contributed by atoms with Gasteiger partial charge in [0.2, 0.25) is 0 Å². The zero-order chi connectivity index (χ0) is 10.0. The zero-order valence-electron chi connectivity index (χ0n) is 6.20. The molecule has 6 heteroatoms. The Morgan fingerprint density at radius 1 is 1.54 bits per heavy atom. The number of aromatic nitrogens is 1. The van der Waals surface area contributed by atoms with Crippen molar-refractivity contribution in [3.63, 3.8) is 0 Å². The van der Waals surface area contributed by atoms with Gasteiger partial charge in [-0.2, -0.15) is 0 Å². The molecule has 0 aliphatic rings. The van der Waals surface area contributed by atoms with Gasteiger partial charge in [0.05, 0.1) is 11.6 Å². The van der Waals surface area contributed by atoms with Gasteiger partial charge in [0.25, 0.3) is 6.43 Å². The van der Waals surface area contributed by atoms with E-state index in [-0.39, 0.29) is 21.1 Å². The number of pyridine rings is 1. The van der Waals surface area contributed by atoms with E-state index in [0.717, 1.165) is 6.07 Å². The minimum atomic E-state index is -2.59. The fourth-order valence-electron chi connectivity index (χ4n) is 0.816. The first-order valence-corrected chi connectivity index (χ1v) is 4.95. The molecular formula is C7H4BrCl2F2N. The van der Waals surface area contributed by atoms with Crippen molar-refractivity contribution in [1.82, 2.24) is 4.98 Å². The van der Waals surface area contributed by atoms with Crippen molar-refractivity contribution in [3.05, 3.63) is 26.9 Å². The third-order valence-electron chi connectivity index (χ3n) is 1.38. The standard InChI is InChI=1S/C7H4BrCl2F2N/c8-6-3(7(11)12)1-5(10)13-4(6)2-9/h1,7H,2H2. The highest BCUT2D eigenvalue weighted by Crippen LogP contribution is 2.31. The first kappa shape index (κ1) is 11.1. The molecule has 0 saturated carbocycles. The smallest absolute Gasteiger partial charge is 0.239 e. The molecular weight excluding hydrogens is 287 g/mol. The molecule has 0 amide bonds. The van der Waals surface area contributed by atoms with Crippen LogP contribution in [0.5, 0.6) is 0 Å². The molecule has 0 radical (unpaired) electrons. The van der Waals surface area contributed by atoms with Gasteiger partial charge >= 0.3 is 0 Å². The summed E-state index contributed by atoms with van der Waals surface area (Å²) in [7, 11) is 0. The van der Waals surface area contributed by atoms with Gasteiger partial charge in [-0.1, -0.05) is 11.6 Å².